The van der Waals surface area contributed by atoms with Crippen molar-refractivity contribution in [1.29, 1.82) is 0 Å². The Bertz CT molecular complexity index is 385. The molecule has 0 bridgehead atoms. The van der Waals surface area contributed by atoms with Crippen molar-refractivity contribution < 1.29 is 22.7 Å². The number of aromatic nitrogens is 2. The van der Waals surface area contributed by atoms with Gasteiger partial charge in [-0.25, -0.2) is 14.8 Å². The number of nitrogens with one attached hydrogen (secondary N) is 1. The van der Waals surface area contributed by atoms with Crippen LogP contribution in [0.3, 0.4) is 0 Å². The fourth-order valence-electron chi connectivity index (χ4n) is 0.693. The van der Waals surface area contributed by atoms with Crippen molar-refractivity contribution >= 4 is 23.5 Å². The second-order valence-corrected chi connectivity index (χ2v) is 2.87. The minimum Gasteiger partial charge on any atom is -0.440 e. The molecule has 1 amide bonds. The Morgan fingerprint density at radius 3 is 2.81 bits per heavy atom. The smallest absolute Gasteiger partial charge is 0.422 e. The van der Waals surface area contributed by atoms with Crippen LogP contribution in [0.15, 0.2) is 12.3 Å². The summed E-state index contributed by atoms with van der Waals surface area (Å²) in [5.41, 5.74) is 0. The highest BCUT2D eigenvalue weighted by atomic mass is 35.5. The molecule has 1 heterocycles. The molecule has 0 fully saturated rings. The van der Waals surface area contributed by atoms with Gasteiger partial charge in [-0.05, 0) is 17.7 Å². The maximum Gasteiger partial charge on any atom is 0.422 e. The van der Waals surface area contributed by atoms with Crippen LogP contribution in [0, 0.1) is 0 Å². The molecule has 0 saturated heterocycles. The molecule has 0 radical (unpaired) electrons. The molecule has 0 atom stereocenters. The zero-order valence-electron chi connectivity index (χ0n) is 7.58. The zero-order chi connectivity index (χ0) is 12.2. The van der Waals surface area contributed by atoms with Crippen molar-refractivity contribution in [2.45, 2.75) is 6.18 Å². The lowest BCUT2D eigenvalue weighted by atomic mass is 10.6. The van der Waals surface area contributed by atoms with Crippen molar-refractivity contribution in [3.05, 3.63) is 17.5 Å². The highest BCUT2D eigenvalue weighted by Gasteiger charge is 2.29. The van der Waals surface area contributed by atoms with Crippen LogP contribution in [0.5, 0.6) is 0 Å². The van der Waals surface area contributed by atoms with E-state index < -0.39 is 18.9 Å². The first kappa shape index (κ1) is 12.5. The van der Waals surface area contributed by atoms with Gasteiger partial charge in [-0.3, -0.25) is 5.32 Å². The van der Waals surface area contributed by atoms with Crippen molar-refractivity contribution in [3.63, 3.8) is 0 Å². The summed E-state index contributed by atoms with van der Waals surface area (Å²) in [5, 5.41) is 1.81. The number of amides is 1. The van der Waals surface area contributed by atoms with E-state index in [1.54, 1.807) is 0 Å². The van der Waals surface area contributed by atoms with E-state index in [4.69, 9.17) is 11.6 Å². The molecular formula is C7H5ClF3N3O2. The first-order valence-electron chi connectivity index (χ1n) is 3.86. The molecule has 9 heteroatoms. The predicted molar refractivity (Wildman–Crippen MR) is 48.1 cm³/mol. The summed E-state index contributed by atoms with van der Waals surface area (Å²) in [6.07, 6.45) is -4.61. The van der Waals surface area contributed by atoms with Gasteiger partial charge in [0.2, 0.25) is 5.28 Å². The standard InChI is InChI=1S/C7H5ClF3N3O2/c8-5-12-2-1-4(13-5)14-6(15)16-3-7(9,10)11/h1-2H,3H2,(H,12,13,14,15). The van der Waals surface area contributed by atoms with Crippen LogP contribution in [-0.4, -0.2) is 28.8 Å². The van der Waals surface area contributed by atoms with E-state index in [1.807, 2.05) is 5.32 Å². The lowest BCUT2D eigenvalue weighted by Crippen LogP contribution is -2.23. The Kier molecular flexibility index (Phi) is 3.88. The normalized spacial score (nSPS) is 11.0. The first-order valence-corrected chi connectivity index (χ1v) is 4.24. The molecule has 1 aromatic heterocycles. The minimum atomic E-state index is -4.57. The summed E-state index contributed by atoms with van der Waals surface area (Å²) in [4.78, 5) is 17.9. The number of nitrogens with zero attached hydrogens (tertiary/aromatic N) is 2. The lowest BCUT2D eigenvalue weighted by molar-refractivity contribution is -0.159. The van der Waals surface area contributed by atoms with E-state index in [0.29, 0.717) is 0 Å². The average Bonchev–Trinajstić information content (AvgIpc) is 2.14. The Labute approximate surface area is 92.6 Å². The van der Waals surface area contributed by atoms with Gasteiger partial charge in [0.05, 0.1) is 0 Å². The summed E-state index contributed by atoms with van der Waals surface area (Å²) >= 11 is 5.38. The molecular weight excluding hydrogens is 251 g/mol. The van der Waals surface area contributed by atoms with E-state index in [0.717, 1.165) is 0 Å². The number of anilines is 1. The molecule has 0 unspecified atom stereocenters. The molecule has 1 N–H and O–H groups in total. The fourth-order valence-corrected chi connectivity index (χ4v) is 0.840. The summed E-state index contributed by atoms with van der Waals surface area (Å²) in [5.74, 6) is -0.0489. The van der Waals surface area contributed by atoms with E-state index in [9.17, 15) is 18.0 Å². The zero-order valence-corrected chi connectivity index (χ0v) is 8.34. The lowest BCUT2D eigenvalue weighted by Gasteiger charge is -2.08. The number of halogens is 4. The van der Waals surface area contributed by atoms with Crippen LogP contribution in [0.1, 0.15) is 0 Å². The Balaban J connectivity index is 2.46. The molecule has 0 spiro atoms. The van der Waals surface area contributed by atoms with Crippen LogP contribution in [0.2, 0.25) is 5.28 Å². The third-order valence-corrected chi connectivity index (χ3v) is 1.41. The largest absolute Gasteiger partial charge is 0.440 e. The number of ether oxygens (including phenoxy) is 1. The van der Waals surface area contributed by atoms with Gasteiger partial charge in [-0.2, -0.15) is 13.2 Å². The third kappa shape index (κ3) is 4.78. The first-order chi connectivity index (χ1) is 7.37. The number of hydrogen-bond acceptors (Lipinski definition) is 4. The number of rotatable bonds is 2. The number of alkyl halides is 3. The second kappa shape index (κ2) is 4.97. The summed E-state index contributed by atoms with van der Waals surface area (Å²) in [6.45, 7) is -1.67. The van der Waals surface area contributed by atoms with E-state index in [2.05, 4.69) is 14.7 Å². The quantitative estimate of drug-likeness (QED) is 0.823. The summed E-state index contributed by atoms with van der Waals surface area (Å²) < 4.78 is 38.9. The molecule has 0 aliphatic rings. The van der Waals surface area contributed by atoms with E-state index in [1.165, 1.54) is 12.3 Å². The number of carbonyl (C=O) groups is 1. The van der Waals surface area contributed by atoms with Crippen LogP contribution < -0.4 is 5.32 Å². The van der Waals surface area contributed by atoms with Crippen molar-refractivity contribution in [3.8, 4) is 0 Å². The summed E-state index contributed by atoms with van der Waals surface area (Å²) in [6, 6.07) is 1.25. The maximum atomic E-state index is 11.7. The van der Waals surface area contributed by atoms with E-state index in [-0.39, 0.29) is 11.1 Å². The summed E-state index contributed by atoms with van der Waals surface area (Å²) in [7, 11) is 0. The fraction of sp³-hybridized carbons (Fsp3) is 0.286. The van der Waals surface area contributed by atoms with Gasteiger partial charge in [0.25, 0.3) is 0 Å². The maximum absolute atomic E-state index is 11.7. The number of hydrogen-bond donors (Lipinski definition) is 1. The Morgan fingerprint density at radius 1 is 1.56 bits per heavy atom. The molecule has 5 nitrogen and oxygen atoms in total. The van der Waals surface area contributed by atoms with Crippen LogP contribution >= 0.6 is 11.6 Å². The van der Waals surface area contributed by atoms with Crippen molar-refractivity contribution in [2.75, 3.05) is 11.9 Å². The molecule has 0 aliphatic heterocycles. The van der Waals surface area contributed by atoms with Gasteiger partial charge in [0.1, 0.15) is 5.82 Å². The predicted octanol–water partition coefficient (Wildman–Crippen LogP) is 2.24. The van der Waals surface area contributed by atoms with Gasteiger partial charge >= 0.3 is 12.3 Å². The SMILES string of the molecule is O=C(Nc1ccnc(Cl)n1)OCC(F)(F)F. The monoisotopic (exact) mass is 255 g/mol. The van der Waals surface area contributed by atoms with Gasteiger partial charge in [0.15, 0.2) is 6.61 Å². The molecule has 1 rings (SSSR count). The molecule has 0 saturated carbocycles. The Hall–Kier alpha value is -1.57. The van der Waals surface area contributed by atoms with Gasteiger partial charge < -0.3 is 4.74 Å². The average molecular weight is 256 g/mol. The van der Waals surface area contributed by atoms with E-state index >= 15 is 0 Å². The van der Waals surface area contributed by atoms with Crippen molar-refractivity contribution in [2.24, 2.45) is 0 Å². The Morgan fingerprint density at radius 2 is 2.25 bits per heavy atom. The molecule has 0 aliphatic carbocycles. The van der Waals surface area contributed by atoms with Gasteiger partial charge in [-0.1, -0.05) is 0 Å². The van der Waals surface area contributed by atoms with Crippen LogP contribution in [-0.2, 0) is 4.74 Å². The minimum absolute atomic E-state index is 0.0489. The molecule has 16 heavy (non-hydrogen) atoms. The highest BCUT2D eigenvalue weighted by molar-refractivity contribution is 6.28. The van der Waals surface area contributed by atoms with Crippen LogP contribution in [0.4, 0.5) is 23.8 Å². The number of carbonyl (C=O) groups excluding carboxylic acids is 1. The van der Waals surface area contributed by atoms with Gasteiger partial charge in [-0.15, -0.1) is 0 Å². The third-order valence-electron chi connectivity index (χ3n) is 1.22. The second-order valence-electron chi connectivity index (χ2n) is 2.53. The molecule has 88 valence electrons. The topological polar surface area (TPSA) is 64.1 Å². The molecule has 0 aromatic carbocycles. The van der Waals surface area contributed by atoms with Gasteiger partial charge in [0, 0.05) is 6.20 Å². The highest BCUT2D eigenvalue weighted by Crippen LogP contribution is 2.15. The van der Waals surface area contributed by atoms with Crippen LogP contribution in [0.25, 0.3) is 0 Å². The van der Waals surface area contributed by atoms with Crippen molar-refractivity contribution in [1.82, 2.24) is 9.97 Å². The molecule has 1 aromatic rings.